The van der Waals surface area contributed by atoms with Gasteiger partial charge in [0.1, 0.15) is 0 Å². The average Bonchev–Trinajstić information content (AvgIpc) is 2.52. The zero-order valence-corrected chi connectivity index (χ0v) is 9.09. The normalized spacial score (nSPS) is 29.0. The molecule has 0 amide bonds. The van der Waals surface area contributed by atoms with E-state index in [2.05, 4.69) is 31.2 Å². The monoisotopic (exact) mass is 213 g/mol. The van der Waals surface area contributed by atoms with Crippen molar-refractivity contribution >= 4 is 12.4 Å². The lowest BCUT2D eigenvalue weighted by Crippen LogP contribution is -2.28. The first kappa shape index (κ1) is 11.5. The first-order valence-corrected chi connectivity index (χ1v) is 4.77. The van der Waals surface area contributed by atoms with Crippen molar-refractivity contribution in [3.8, 4) is 0 Å². The summed E-state index contributed by atoms with van der Waals surface area (Å²) in [6.07, 6.45) is 9.82. The molecule has 0 saturated carbocycles. The van der Waals surface area contributed by atoms with E-state index in [0.717, 1.165) is 6.42 Å². The SMILES string of the molecule is CC1C=C2C=CC=C2C(CCN)O1.Cl. The Morgan fingerprint density at radius 2 is 2.29 bits per heavy atom. The second-order valence-electron chi connectivity index (χ2n) is 3.51. The zero-order chi connectivity index (χ0) is 9.26. The van der Waals surface area contributed by atoms with E-state index in [4.69, 9.17) is 10.5 Å². The summed E-state index contributed by atoms with van der Waals surface area (Å²) in [5.41, 5.74) is 8.15. The first-order chi connectivity index (χ1) is 6.31. The van der Waals surface area contributed by atoms with Crippen LogP contribution >= 0.6 is 12.4 Å². The van der Waals surface area contributed by atoms with Crippen LogP contribution in [0.2, 0.25) is 0 Å². The van der Waals surface area contributed by atoms with Gasteiger partial charge in [-0.05, 0) is 37.1 Å². The van der Waals surface area contributed by atoms with Gasteiger partial charge in [0.05, 0.1) is 12.2 Å². The van der Waals surface area contributed by atoms with Gasteiger partial charge in [-0.15, -0.1) is 12.4 Å². The van der Waals surface area contributed by atoms with Gasteiger partial charge in [0.25, 0.3) is 0 Å². The molecule has 0 radical (unpaired) electrons. The summed E-state index contributed by atoms with van der Waals surface area (Å²) in [7, 11) is 0. The van der Waals surface area contributed by atoms with Gasteiger partial charge in [-0.25, -0.2) is 0 Å². The quantitative estimate of drug-likeness (QED) is 0.761. The van der Waals surface area contributed by atoms with E-state index in [1.807, 2.05) is 0 Å². The third kappa shape index (κ3) is 2.08. The standard InChI is InChI=1S/C11H15NO.ClH/c1-8-7-9-3-2-4-10(9)11(13-8)5-6-12;/h2-4,7-8,11H,5-6,12H2,1H3;1H. The maximum absolute atomic E-state index is 5.78. The summed E-state index contributed by atoms with van der Waals surface area (Å²) in [4.78, 5) is 0. The van der Waals surface area contributed by atoms with Gasteiger partial charge in [0.15, 0.2) is 0 Å². The molecular weight excluding hydrogens is 198 g/mol. The molecule has 0 fully saturated rings. The van der Waals surface area contributed by atoms with Gasteiger partial charge in [-0.1, -0.05) is 18.2 Å². The minimum Gasteiger partial charge on any atom is -0.366 e. The van der Waals surface area contributed by atoms with Gasteiger partial charge in [-0.2, -0.15) is 0 Å². The molecule has 0 saturated heterocycles. The molecule has 0 aromatic carbocycles. The van der Waals surface area contributed by atoms with Crippen molar-refractivity contribution in [3.63, 3.8) is 0 Å². The molecule has 2 N–H and O–H groups in total. The van der Waals surface area contributed by atoms with Crippen LogP contribution in [-0.2, 0) is 4.74 Å². The summed E-state index contributed by atoms with van der Waals surface area (Å²) < 4.78 is 5.78. The lowest BCUT2D eigenvalue weighted by atomic mass is 9.97. The maximum Gasteiger partial charge on any atom is 0.0850 e. The van der Waals surface area contributed by atoms with Crippen LogP contribution in [0.1, 0.15) is 13.3 Å². The smallest absolute Gasteiger partial charge is 0.0850 e. The van der Waals surface area contributed by atoms with Gasteiger partial charge in [0.2, 0.25) is 0 Å². The third-order valence-electron chi connectivity index (χ3n) is 2.45. The highest BCUT2D eigenvalue weighted by atomic mass is 35.5. The Bertz CT molecular complexity index is 294. The maximum atomic E-state index is 5.78. The molecule has 2 rings (SSSR count). The zero-order valence-electron chi connectivity index (χ0n) is 8.27. The molecule has 2 nitrogen and oxygen atoms in total. The molecule has 0 bridgehead atoms. The van der Waals surface area contributed by atoms with Crippen molar-refractivity contribution in [1.29, 1.82) is 0 Å². The van der Waals surface area contributed by atoms with Crippen LogP contribution in [0.3, 0.4) is 0 Å². The Kier molecular flexibility index (Phi) is 3.93. The van der Waals surface area contributed by atoms with Crippen molar-refractivity contribution < 1.29 is 4.74 Å². The summed E-state index contributed by atoms with van der Waals surface area (Å²) in [5, 5.41) is 0. The highest BCUT2D eigenvalue weighted by Gasteiger charge is 2.24. The van der Waals surface area contributed by atoms with Crippen LogP contribution in [-0.4, -0.2) is 18.8 Å². The summed E-state index contributed by atoms with van der Waals surface area (Å²) in [5.74, 6) is 0. The molecule has 78 valence electrons. The Morgan fingerprint density at radius 1 is 1.50 bits per heavy atom. The molecule has 14 heavy (non-hydrogen) atoms. The van der Waals surface area contributed by atoms with Crippen LogP contribution in [0.25, 0.3) is 0 Å². The molecule has 0 aromatic heterocycles. The van der Waals surface area contributed by atoms with Crippen molar-refractivity contribution in [2.24, 2.45) is 5.73 Å². The lowest BCUT2D eigenvalue weighted by Gasteiger charge is -2.27. The van der Waals surface area contributed by atoms with Crippen LogP contribution in [0, 0.1) is 0 Å². The van der Waals surface area contributed by atoms with E-state index in [1.54, 1.807) is 0 Å². The molecule has 2 aliphatic rings. The van der Waals surface area contributed by atoms with Crippen molar-refractivity contribution in [3.05, 3.63) is 35.5 Å². The molecule has 2 atom stereocenters. The highest BCUT2D eigenvalue weighted by Crippen LogP contribution is 2.30. The highest BCUT2D eigenvalue weighted by molar-refractivity contribution is 5.85. The van der Waals surface area contributed by atoms with Crippen molar-refractivity contribution in [2.75, 3.05) is 6.54 Å². The van der Waals surface area contributed by atoms with E-state index in [-0.39, 0.29) is 24.6 Å². The number of hydrogen-bond donors (Lipinski definition) is 1. The van der Waals surface area contributed by atoms with Crippen LogP contribution in [0.4, 0.5) is 0 Å². The van der Waals surface area contributed by atoms with Crippen LogP contribution in [0.15, 0.2) is 35.5 Å². The number of allylic oxidation sites excluding steroid dienone is 3. The largest absolute Gasteiger partial charge is 0.366 e. The van der Waals surface area contributed by atoms with Gasteiger partial charge < -0.3 is 10.5 Å². The van der Waals surface area contributed by atoms with Crippen LogP contribution < -0.4 is 5.73 Å². The molecule has 0 spiro atoms. The molecular formula is C11H16ClNO. The van der Waals surface area contributed by atoms with Gasteiger partial charge >= 0.3 is 0 Å². The van der Waals surface area contributed by atoms with Crippen molar-refractivity contribution in [2.45, 2.75) is 25.6 Å². The van der Waals surface area contributed by atoms with E-state index in [0.29, 0.717) is 6.54 Å². The average molecular weight is 214 g/mol. The lowest BCUT2D eigenvalue weighted by molar-refractivity contribution is 0.0361. The predicted octanol–water partition coefficient (Wildman–Crippen LogP) is 1.97. The summed E-state index contributed by atoms with van der Waals surface area (Å²) >= 11 is 0. The van der Waals surface area contributed by atoms with E-state index in [1.165, 1.54) is 11.1 Å². The minimum atomic E-state index is 0. The Balaban J connectivity index is 0.000000980. The van der Waals surface area contributed by atoms with Crippen molar-refractivity contribution in [1.82, 2.24) is 0 Å². The summed E-state index contributed by atoms with van der Waals surface area (Å²) in [6.45, 7) is 2.75. The Morgan fingerprint density at radius 3 is 3.00 bits per heavy atom. The summed E-state index contributed by atoms with van der Waals surface area (Å²) in [6, 6.07) is 0. The van der Waals surface area contributed by atoms with E-state index < -0.39 is 0 Å². The first-order valence-electron chi connectivity index (χ1n) is 4.77. The molecule has 1 aliphatic heterocycles. The fourth-order valence-corrected chi connectivity index (χ4v) is 1.89. The molecule has 1 heterocycles. The molecule has 0 aromatic rings. The van der Waals surface area contributed by atoms with E-state index >= 15 is 0 Å². The second-order valence-corrected chi connectivity index (χ2v) is 3.51. The van der Waals surface area contributed by atoms with Crippen LogP contribution in [0.5, 0.6) is 0 Å². The predicted molar refractivity (Wildman–Crippen MR) is 60.6 cm³/mol. The Hall–Kier alpha value is -0.570. The fourth-order valence-electron chi connectivity index (χ4n) is 1.89. The number of nitrogens with two attached hydrogens (primary N) is 1. The van der Waals surface area contributed by atoms with Gasteiger partial charge in [0, 0.05) is 0 Å². The van der Waals surface area contributed by atoms with Gasteiger partial charge in [-0.3, -0.25) is 0 Å². The topological polar surface area (TPSA) is 35.2 Å². The minimum absolute atomic E-state index is 0. The molecule has 3 heteroatoms. The fraction of sp³-hybridized carbons (Fsp3) is 0.455. The Labute approximate surface area is 90.9 Å². The molecule has 2 unspecified atom stereocenters. The third-order valence-corrected chi connectivity index (χ3v) is 2.45. The number of rotatable bonds is 2. The number of ether oxygens (including phenoxy) is 1. The second kappa shape index (κ2) is 4.78. The molecule has 1 aliphatic carbocycles. The number of halogens is 1. The number of hydrogen-bond acceptors (Lipinski definition) is 2. The van der Waals surface area contributed by atoms with E-state index in [9.17, 15) is 0 Å². The number of fused-ring (bicyclic) bond motifs is 1.